The van der Waals surface area contributed by atoms with Crippen molar-refractivity contribution in [1.82, 2.24) is 4.98 Å². The molecule has 0 radical (unpaired) electrons. The van der Waals surface area contributed by atoms with Gasteiger partial charge < -0.3 is 14.5 Å². The molecule has 0 atom stereocenters. The second kappa shape index (κ2) is 5.04. The number of nitrogens with one attached hydrogen (secondary N) is 1. The summed E-state index contributed by atoms with van der Waals surface area (Å²) in [6.07, 6.45) is 1.53. The van der Waals surface area contributed by atoms with E-state index in [0.29, 0.717) is 17.4 Å². The van der Waals surface area contributed by atoms with Gasteiger partial charge in [-0.05, 0) is 38.1 Å². The van der Waals surface area contributed by atoms with Gasteiger partial charge in [0.25, 0.3) is 5.56 Å². The fourth-order valence-electron chi connectivity index (χ4n) is 2.03. The largest absolute Gasteiger partial charge is 0.466 e. The van der Waals surface area contributed by atoms with E-state index in [2.05, 4.69) is 25.9 Å². The molecular formula is C15H13BrN2O3. The zero-order chi connectivity index (χ0) is 15.0. The molecule has 1 N–H and O–H groups in total. The SMILES string of the molecule is CC1(C)N=C(Oc2cc[nH]c(=O)c2)c2cc(Br)ccc2O1. The van der Waals surface area contributed by atoms with Crippen LogP contribution in [-0.2, 0) is 0 Å². The fourth-order valence-corrected chi connectivity index (χ4v) is 2.39. The molecule has 2 aromatic rings. The van der Waals surface area contributed by atoms with Crippen LogP contribution in [0, 0.1) is 0 Å². The second-order valence-electron chi connectivity index (χ2n) is 5.10. The van der Waals surface area contributed by atoms with Gasteiger partial charge in [-0.3, -0.25) is 4.79 Å². The number of pyridine rings is 1. The summed E-state index contributed by atoms with van der Waals surface area (Å²) >= 11 is 3.42. The van der Waals surface area contributed by atoms with Gasteiger partial charge in [-0.15, -0.1) is 0 Å². The maximum Gasteiger partial charge on any atom is 0.251 e. The molecule has 2 heterocycles. The van der Waals surface area contributed by atoms with E-state index in [-0.39, 0.29) is 5.56 Å². The van der Waals surface area contributed by atoms with Gasteiger partial charge in [-0.1, -0.05) is 15.9 Å². The summed E-state index contributed by atoms with van der Waals surface area (Å²) in [6, 6.07) is 8.67. The number of rotatable bonds is 1. The van der Waals surface area contributed by atoms with Crippen molar-refractivity contribution in [3.05, 3.63) is 56.9 Å². The number of aliphatic imine (C=N–C) groups is 1. The molecule has 0 aliphatic carbocycles. The number of benzene rings is 1. The molecule has 6 heteroatoms. The number of nitrogens with zero attached hydrogens (tertiary/aromatic N) is 1. The predicted molar refractivity (Wildman–Crippen MR) is 83.1 cm³/mol. The van der Waals surface area contributed by atoms with Crippen LogP contribution in [0.5, 0.6) is 11.5 Å². The van der Waals surface area contributed by atoms with Crippen molar-refractivity contribution in [2.75, 3.05) is 0 Å². The van der Waals surface area contributed by atoms with E-state index in [1.807, 2.05) is 32.0 Å². The van der Waals surface area contributed by atoms with Crippen LogP contribution >= 0.6 is 15.9 Å². The van der Waals surface area contributed by atoms with E-state index in [0.717, 1.165) is 10.0 Å². The van der Waals surface area contributed by atoms with Gasteiger partial charge in [0.2, 0.25) is 5.90 Å². The van der Waals surface area contributed by atoms with Crippen molar-refractivity contribution in [3.8, 4) is 11.5 Å². The predicted octanol–water partition coefficient (Wildman–Crippen LogP) is 3.09. The Morgan fingerprint density at radius 2 is 2.10 bits per heavy atom. The molecule has 21 heavy (non-hydrogen) atoms. The van der Waals surface area contributed by atoms with Crippen molar-refractivity contribution in [2.45, 2.75) is 19.6 Å². The van der Waals surface area contributed by atoms with Crippen molar-refractivity contribution >= 4 is 21.8 Å². The highest BCUT2D eigenvalue weighted by Gasteiger charge is 2.29. The van der Waals surface area contributed by atoms with E-state index in [4.69, 9.17) is 9.47 Å². The number of aromatic amines is 1. The molecule has 0 fully saturated rings. The van der Waals surface area contributed by atoms with Crippen LogP contribution in [-0.4, -0.2) is 16.6 Å². The topological polar surface area (TPSA) is 63.7 Å². The summed E-state index contributed by atoms with van der Waals surface area (Å²) in [5.41, 5.74) is -0.213. The van der Waals surface area contributed by atoms with Gasteiger partial charge in [-0.2, -0.15) is 0 Å². The van der Waals surface area contributed by atoms with E-state index >= 15 is 0 Å². The van der Waals surface area contributed by atoms with Gasteiger partial charge in [-0.25, -0.2) is 4.99 Å². The average Bonchev–Trinajstić information content (AvgIpc) is 2.39. The first kappa shape index (κ1) is 13.9. The average molecular weight is 349 g/mol. The van der Waals surface area contributed by atoms with E-state index < -0.39 is 5.72 Å². The molecular weight excluding hydrogens is 336 g/mol. The third-order valence-electron chi connectivity index (χ3n) is 2.86. The summed E-state index contributed by atoms with van der Waals surface area (Å²) < 4.78 is 12.5. The summed E-state index contributed by atoms with van der Waals surface area (Å²) in [5.74, 6) is 1.55. The molecule has 5 nitrogen and oxygen atoms in total. The Bertz CT molecular complexity index is 780. The van der Waals surface area contributed by atoms with Gasteiger partial charge >= 0.3 is 0 Å². The third kappa shape index (κ3) is 3.00. The van der Waals surface area contributed by atoms with Crippen LogP contribution in [0.1, 0.15) is 19.4 Å². The van der Waals surface area contributed by atoms with Crippen LogP contribution in [0.15, 0.2) is 50.8 Å². The Morgan fingerprint density at radius 1 is 1.29 bits per heavy atom. The lowest BCUT2D eigenvalue weighted by molar-refractivity contribution is 0.112. The van der Waals surface area contributed by atoms with Crippen molar-refractivity contribution < 1.29 is 9.47 Å². The Morgan fingerprint density at radius 3 is 2.86 bits per heavy atom. The molecule has 1 aromatic carbocycles. The number of fused-ring (bicyclic) bond motifs is 1. The first-order valence-corrected chi connectivity index (χ1v) is 7.18. The monoisotopic (exact) mass is 348 g/mol. The summed E-state index contributed by atoms with van der Waals surface area (Å²) in [6.45, 7) is 3.69. The number of H-pyrrole nitrogens is 1. The Hall–Kier alpha value is -2.08. The molecule has 0 bridgehead atoms. The third-order valence-corrected chi connectivity index (χ3v) is 3.36. The zero-order valence-corrected chi connectivity index (χ0v) is 13.1. The zero-order valence-electron chi connectivity index (χ0n) is 11.5. The molecule has 0 saturated heterocycles. The molecule has 1 aliphatic rings. The smallest absolute Gasteiger partial charge is 0.251 e. The van der Waals surface area contributed by atoms with Gasteiger partial charge in [0, 0.05) is 16.7 Å². The van der Waals surface area contributed by atoms with E-state index in [1.54, 1.807) is 6.07 Å². The standard InChI is InChI=1S/C15H13BrN2O3/c1-15(2)18-14(20-10-5-6-17-13(19)8-10)11-7-9(16)3-4-12(11)21-15/h3-8H,1-2H3,(H,17,19). The second-order valence-corrected chi connectivity index (χ2v) is 6.01. The number of ether oxygens (including phenoxy) is 2. The van der Waals surface area contributed by atoms with Crippen molar-refractivity contribution in [1.29, 1.82) is 0 Å². The van der Waals surface area contributed by atoms with Gasteiger partial charge in [0.1, 0.15) is 11.5 Å². The molecule has 1 aromatic heterocycles. The van der Waals surface area contributed by atoms with Crippen LogP contribution in [0.25, 0.3) is 0 Å². The maximum atomic E-state index is 11.4. The minimum atomic E-state index is -0.725. The molecule has 0 spiro atoms. The van der Waals surface area contributed by atoms with Gasteiger partial charge in [0.15, 0.2) is 5.72 Å². The molecule has 0 saturated carbocycles. The molecule has 3 rings (SSSR count). The first-order valence-electron chi connectivity index (χ1n) is 6.38. The van der Waals surface area contributed by atoms with Crippen LogP contribution < -0.4 is 15.0 Å². The van der Waals surface area contributed by atoms with Gasteiger partial charge in [0.05, 0.1) is 5.56 Å². The van der Waals surface area contributed by atoms with Crippen LogP contribution in [0.3, 0.4) is 0 Å². The highest BCUT2D eigenvalue weighted by Crippen LogP contribution is 2.32. The van der Waals surface area contributed by atoms with E-state index in [9.17, 15) is 4.79 Å². The molecule has 108 valence electrons. The summed E-state index contributed by atoms with van der Waals surface area (Å²) in [7, 11) is 0. The lowest BCUT2D eigenvalue weighted by atomic mass is 10.1. The quantitative estimate of drug-likeness (QED) is 0.861. The summed E-state index contributed by atoms with van der Waals surface area (Å²) in [5, 5.41) is 0. The highest BCUT2D eigenvalue weighted by atomic mass is 79.9. The van der Waals surface area contributed by atoms with Crippen molar-refractivity contribution in [3.63, 3.8) is 0 Å². The Balaban J connectivity index is 2.05. The molecule has 0 amide bonds. The lowest BCUT2D eigenvalue weighted by Gasteiger charge is -2.29. The molecule has 0 unspecified atom stereocenters. The lowest BCUT2D eigenvalue weighted by Crippen LogP contribution is -2.34. The summed E-state index contributed by atoms with van der Waals surface area (Å²) in [4.78, 5) is 18.4. The van der Waals surface area contributed by atoms with Crippen LogP contribution in [0.2, 0.25) is 0 Å². The van der Waals surface area contributed by atoms with E-state index in [1.165, 1.54) is 12.3 Å². The normalized spacial score (nSPS) is 15.7. The number of hydrogen-bond acceptors (Lipinski definition) is 4. The fraction of sp³-hybridized carbons (Fsp3) is 0.200. The Labute approximate surface area is 129 Å². The molecule has 1 aliphatic heterocycles. The maximum absolute atomic E-state index is 11.4. The van der Waals surface area contributed by atoms with Crippen molar-refractivity contribution in [2.24, 2.45) is 4.99 Å². The minimum absolute atomic E-state index is 0.228. The number of halogens is 1. The van der Waals surface area contributed by atoms with Crippen LogP contribution in [0.4, 0.5) is 0 Å². The first-order chi connectivity index (χ1) is 9.93. The number of hydrogen-bond donors (Lipinski definition) is 1. The number of aromatic nitrogens is 1. The highest BCUT2D eigenvalue weighted by molar-refractivity contribution is 9.10. The Kier molecular flexibility index (Phi) is 3.33. The minimum Gasteiger partial charge on any atom is -0.466 e.